The van der Waals surface area contributed by atoms with Gasteiger partial charge in [0.25, 0.3) is 0 Å². The minimum atomic E-state index is -0.0170. The monoisotopic (exact) mass is 261 g/mol. The van der Waals surface area contributed by atoms with E-state index in [4.69, 9.17) is 12.2 Å². The molecule has 19 heavy (non-hydrogen) atoms. The van der Waals surface area contributed by atoms with Crippen LogP contribution in [0.15, 0.2) is 27.4 Å². The first-order chi connectivity index (χ1) is 8.77. The molecule has 0 aliphatic rings. The predicted octanol–water partition coefficient (Wildman–Crippen LogP) is 1.67. The van der Waals surface area contributed by atoms with Gasteiger partial charge in [-0.05, 0) is 33.6 Å². The van der Waals surface area contributed by atoms with E-state index < -0.39 is 0 Å². The third kappa shape index (κ3) is 7.04. The zero-order valence-corrected chi connectivity index (χ0v) is 12.4. The van der Waals surface area contributed by atoms with Crippen LogP contribution in [0.25, 0.3) is 0 Å². The van der Waals surface area contributed by atoms with Gasteiger partial charge in [-0.25, -0.2) is 9.98 Å². The largest absolute Gasteiger partial charge is 0.384 e. The molecule has 5 heteroatoms. The van der Waals surface area contributed by atoms with Crippen molar-refractivity contribution >= 4 is 17.9 Å². The molecule has 0 aromatic carbocycles. The van der Waals surface area contributed by atoms with Gasteiger partial charge in [0.05, 0.1) is 12.4 Å². The van der Waals surface area contributed by atoms with E-state index >= 15 is 0 Å². The van der Waals surface area contributed by atoms with Crippen molar-refractivity contribution < 1.29 is 0 Å². The Morgan fingerprint density at radius 1 is 1.42 bits per heavy atom. The van der Waals surface area contributed by atoms with Crippen LogP contribution >= 0.6 is 0 Å². The van der Waals surface area contributed by atoms with Crippen molar-refractivity contribution in [3.63, 3.8) is 0 Å². The summed E-state index contributed by atoms with van der Waals surface area (Å²) in [5.74, 6) is 3.16. The summed E-state index contributed by atoms with van der Waals surface area (Å²) in [4.78, 5) is 14.5. The number of nitrogens with zero attached hydrogens (tertiary/aromatic N) is 4. The lowest BCUT2D eigenvalue weighted by molar-refractivity contribution is 0.356. The van der Waals surface area contributed by atoms with Crippen LogP contribution in [0.1, 0.15) is 27.7 Å². The first-order valence-corrected chi connectivity index (χ1v) is 6.04. The number of aliphatic imine (C=N–C) groups is 3. The first-order valence-electron chi connectivity index (χ1n) is 6.04. The highest BCUT2D eigenvalue weighted by atomic mass is 15.2. The fraction of sp³-hybridized carbons (Fsp3) is 0.500. The fourth-order valence-corrected chi connectivity index (χ4v) is 1.22. The lowest BCUT2D eigenvalue weighted by Gasteiger charge is -2.25. The molecule has 0 fully saturated rings. The van der Waals surface area contributed by atoms with Crippen LogP contribution in [-0.4, -0.2) is 41.9 Å². The van der Waals surface area contributed by atoms with E-state index in [1.165, 1.54) is 0 Å². The average molecular weight is 261 g/mol. The molecule has 0 aromatic rings. The van der Waals surface area contributed by atoms with Crippen molar-refractivity contribution in [3.8, 4) is 12.3 Å². The van der Waals surface area contributed by atoms with Gasteiger partial charge in [-0.1, -0.05) is 6.58 Å². The van der Waals surface area contributed by atoms with Gasteiger partial charge in [-0.2, -0.15) is 0 Å². The van der Waals surface area contributed by atoms with Gasteiger partial charge in [0.1, 0.15) is 5.82 Å². The smallest absolute Gasteiger partial charge is 0.200 e. The van der Waals surface area contributed by atoms with Gasteiger partial charge in [-0.3, -0.25) is 4.99 Å². The average Bonchev–Trinajstić information content (AvgIpc) is 2.33. The van der Waals surface area contributed by atoms with Gasteiger partial charge >= 0.3 is 0 Å². The third-order valence-corrected chi connectivity index (χ3v) is 2.53. The Labute approximate surface area is 116 Å². The van der Waals surface area contributed by atoms with Crippen LogP contribution in [0.5, 0.6) is 0 Å². The minimum Gasteiger partial charge on any atom is -0.384 e. The highest BCUT2D eigenvalue weighted by Crippen LogP contribution is 2.05. The summed E-state index contributed by atoms with van der Waals surface area (Å²) < 4.78 is 0. The maximum Gasteiger partial charge on any atom is 0.200 e. The second-order valence-electron chi connectivity index (χ2n) is 4.54. The molecule has 2 atom stereocenters. The number of terminal acetylenes is 1. The molecular weight excluding hydrogens is 238 g/mol. The molecule has 0 aromatic heterocycles. The van der Waals surface area contributed by atoms with E-state index in [0.29, 0.717) is 5.84 Å². The summed E-state index contributed by atoms with van der Waals surface area (Å²) in [5.41, 5.74) is 6.26. The van der Waals surface area contributed by atoms with Crippen molar-refractivity contribution in [1.29, 1.82) is 0 Å². The zero-order chi connectivity index (χ0) is 15.0. The lowest BCUT2D eigenvalue weighted by Crippen LogP contribution is -2.36. The molecule has 0 aliphatic heterocycles. The summed E-state index contributed by atoms with van der Waals surface area (Å²) in [6.45, 7) is 11.3. The number of likely N-dealkylation sites (N-methyl/N-ethyl adjacent to an activating group) is 1. The van der Waals surface area contributed by atoms with Gasteiger partial charge in [0, 0.05) is 18.8 Å². The Morgan fingerprint density at radius 3 is 2.42 bits per heavy atom. The molecule has 0 spiro atoms. The van der Waals surface area contributed by atoms with Crippen molar-refractivity contribution in [2.24, 2.45) is 20.7 Å². The summed E-state index contributed by atoms with van der Waals surface area (Å²) in [6.07, 6.45) is 7.02. The van der Waals surface area contributed by atoms with E-state index in [2.05, 4.69) is 27.5 Å². The Morgan fingerprint density at radius 2 is 2.00 bits per heavy atom. The maximum absolute atomic E-state index is 5.39. The van der Waals surface area contributed by atoms with E-state index in [-0.39, 0.29) is 17.9 Å². The second kappa shape index (κ2) is 8.09. The third-order valence-electron chi connectivity index (χ3n) is 2.53. The molecule has 0 heterocycles. The van der Waals surface area contributed by atoms with Crippen molar-refractivity contribution in [1.82, 2.24) is 4.90 Å². The summed E-state index contributed by atoms with van der Waals surface area (Å²) in [7, 11) is 1.90. The first kappa shape index (κ1) is 16.9. The van der Waals surface area contributed by atoms with Crippen LogP contribution in [-0.2, 0) is 0 Å². The summed E-state index contributed by atoms with van der Waals surface area (Å²) >= 11 is 0. The molecule has 104 valence electrons. The van der Waals surface area contributed by atoms with E-state index in [1.807, 2.05) is 39.6 Å². The Balaban J connectivity index is 4.86. The number of rotatable bonds is 5. The summed E-state index contributed by atoms with van der Waals surface area (Å²) in [5, 5.41) is 0. The molecule has 0 amide bonds. The molecule has 0 saturated carbocycles. The highest BCUT2D eigenvalue weighted by Gasteiger charge is 2.14. The van der Waals surface area contributed by atoms with Crippen LogP contribution < -0.4 is 5.73 Å². The fourth-order valence-electron chi connectivity index (χ4n) is 1.22. The van der Waals surface area contributed by atoms with Gasteiger partial charge in [-0.15, -0.1) is 6.42 Å². The van der Waals surface area contributed by atoms with Crippen LogP contribution in [0, 0.1) is 12.3 Å². The normalized spacial score (nSPS) is 14.6. The zero-order valence-electron chi connectivity index (χ0n) is 12.4. The van der Waals surface area contributed by atoms with E-state index in [0.717, 1.165) is 5.71 Å². The number of hydrogen-bond acceptors (Lipinski definition) is 3. The predicted molar refractivity (Wildman–Crippen MR) is 83.6 cm³/mol. The number of amidine groups is 1. The van der Waals surface area contributed by atoms with E-state index in [9.17, 15) is 0 Å². The van der Waals surface area contributed by atoms with Crippen molar-refractivity contribution in [3.05, 3.63) is 12.4 Å². The standard InChI is InChI=1S/C14H23N5/c1-8-14(17-10(2)3)18-11(4)12(5)19(7)9-16-13(6)15/h1,9,11-12H,6,15H2,2-5,7H3/b16-9-,18-14-. The molecule has 0 aliphatic carbocycles. The number of nitrogens with two attached hydrogens (primary N) is 1. The lowest BCUT2D eigenvalue weighted by atomic mass is 10.1. The van der Waals surface area contributed by atoms with Gasteiger partial charge in [0.15, 0.2) is 5.84 Å². The van der Waals surface area contributed by atoms with E-state index in [1.54, 1.807) is 6.34 Å². The molecule has 2 N–H and O–H groups in total. The minimum absolute atomic E-state index is 0.0170. The van der Waals surface area contributed by atoms with Crippen molar-refractivity contribution in [2.75, 3.05) is 7.05 Å². The van der Waals surface area contributed by atoms with Crippen LogP contribution in [0.4, 0.5) is 0 Å². The highest BCUT2D eigenvalue weighted by molar-refractivity contribution is 6.05. The molecule has 0 rings (SSSR count). The van der Waals surface area contributed by atoms with Gasteiger partial charge < -0.3 is 10.6 Å². The number of hydrogen-bond donors (Lipinski definition) is 1. The molecule has 0 saturated heterocycles. The van der Waals surface area contributed by atoms with Crippen LogP contribution in [0.2, 0.25) is 0 Å². The second-order valence-corrected chi connectivity index (χ2v) is 4.54. The van der Waals surface area contributed by atoms with Crippen LogP contribution in [0.3, 0.4) is 0 Å². The SMILES string of the molecule is C#C/C(N=C(C)C)=N/C(C)C(C)N(C)/C=N\C(=C)N. The quantitative estimate of drug-likeness (QED) is 0.465. The Kier molecular flexibility index (Phi) is 7.20. The Hall–Kier alpha value is -2.09. The molecular formula is C14H23N5. The maximum atomic E-state index is 5.39. The molecule has 2 unspecified atom stereocenters. The molecule has 5 nitrogen and oxygen atoms in total. The van der Waals surface area contributed by atoms with Gasteiger partial charge in [0.2, 0.25) is 0 Å². The van der Waals surface area contributed by atoms with Crippen molar-refractivity contribution in [2.45, 2.75) is 39.8 Å². The molecule has 0 bridgehead atoms. The molecule has 0 radical (unpaired) electrons. The topological polar surface area (TPSA) is 66.3 Å². The Bertz CT molecular complexity index is 435. The summed E-state index contributed by atoms with van der Waals surface area (Å²) in [6, 6.07) is 0.0930.